The summed E-state index contributed by atoms with van der Waals surface area (Å²) in [6.45, 7) is 0. The smallest absolute Gasteiger partial charge is 0.262 e. The Kier molecular flexibility index (Phi) is 3.85. The maximum absolute atomic E-state index is 13.6. The van der Waals surface area contributed by atoms with Gasteiger partial charge in [0.15, 0.2) is 0 Å². The molecule has 3 N–H and O–H groups in total. The Balaban J connectivity index is 2.39. The van der Waals surface area contributed by atoms with Crippen LogP contribution in [0.2, 0.25) is 0 Å². The minimum absolute atomic E-state index is 0.128. The van der Waals surface area contributed by atoms with Crippen molar-refractivity contribution >= 4 is 21.6 Å². The molecule has 0 unspecified atom stereocenters. The number of sulfonamides is 1. The number of anilines is 1. The maximum atomic E-state index is 13.6. The maximum Gasteiger partial charge on any atom is 0.262 e. The number of carbonyl (C=O) groups is 1. The van der Waals surface area contributed by atoms with E-state index in [9.17, 15) is 22.0 Å². The van der Waals surface area contributed by atoms with Gasteiger partial charge in [-0.05, 0) is 24.3 Å². The Morgan fingerprint density at radius 1 is 1.14 bits per heavy atom. The molecule has 110 valence electrons. The van der Waals surface area contributed by atoms with Crippen LogP contribution < -0.4 is 10.5 Å². The molecule has 0 aliphatic rings. The molecule has 1 amide bonds. The van der Waals surface area contributed by atoms with E-state index in [0.29, 0.717) is 12.1 Å². The van der Waals surface area contributed by atoms with Crippen molar-refractivity contribution in [1.82, 2.24) is 4.98 Å². The van der Waals surface area contributed by atoms with E-state index in [4.69, 9.17) is 5.73 Å². The highest BCUT2D eigenvalue weighted by Crippen LogP contribution is 2.21. The van der Waals surface area contributed by atoms with E-state index in [0.717, 1.165) is 0 Å². The van der Waals surface area contributed by atoms with Crippen molar-refractivity contribution in [2.24, 2.45) is 5.73 Å². The number of nitrogens with two attached hydrogens (primary N) is 1. The van der Waals surface area contributed by atoms with E-state index in [1.165, 1.54) is 24.5 Å². The molecule has 21 heavy (non-hydrogen) atoms. The first-order chi connectivity index (χ1) is 9.81. The lowest BCUT2D eigenvalue weighted by molar-refractivity contribution is 0.0992. The lowest BCUT2D eigenvalue weighted by Gasteiger charge is -2.09. The first-order valence-electron chi connectivity index (χ1n) is 5.53. The number of rotatable bonds is 4. The standard InChI is InChI=1S/C12H9F2N3O3S/c13-9-5-7(6-10(14)11(9)12(15)18)17-21(19,20)8-1-3-16-4-2-8/h1-6,17H,(H2,15,18). The van der Waals surface area contributed by atoms with Gasteiger partial charge in [0.1, 0.15) is 17.2 Å². The SMILES string of the molecule is NC(=O)c1c(F)cc(NS(=O)(=O)c2ccncc2)cc1F. The first-order valence-corrected chi connectivity index (χ1v) is 7.01. The number of nitrogens with one attached hydrogen (secondary N) is 1. The Labute approximate surface area is 118 Å². The lowest BCUT2D eigenvalue weighted by Crippen LogP contribution is -2.17. The molecular weight excluding hydrogens is 304 g/mol. The van der Waals surface area contributed by atoms with Crippen molar-refractivity contribution in [3.05, 3.63) is 53.9 Å². The van der Waals surface area contributed by atoms with E-state index in [-0.39, 0.29) is 10.6 Å². The van der Waals surface area contributed by atoms with Gasteiger partial charge in [-0.3, -0.25) is 14.5 Å². The summed E-state index contributed by atoms with van der Waals surface area (Å²) in [5, 5.41) is 0. The summed E-state index contributed by atoms with van der Waals surface area (Å²) in [7, 11) is -4.02. The highest BCUT2D eigenvalue weighted by Gasteiger charge is 2.19. The van der Waals surface area contributed by atoms with Gasteiger partial charge in [-0.1, -0.05) is 0 Å². The summed E-state index contributed by atoms with van der Waals surface area (Å²) in [5.41, 5.74) is 3.52. The molecule has 2 rings (SSSR count). The molecule has 0 bridgehead atoms. The lowest BCUT2D eigenvalue weighted by atomic mass is 10.1. The van der Waals surface area contributed by atoms with Crippen molar-refractivity contribution in [1.29, 1.82) is 0 Å². The Hall–Kier alpha value is -2.55. The molecule has 1 aromatic heterocycles. The molecule has 0 fully saturated rings. The highest BCUT2D eigenvalue weighted by molar-refractivity contribution is 7.92. The summed E-state index contributed by atoms with van der Waals surface area (Å²) in [6, 6.07) is 3.77. The van der Waals surface area contributed by atoms with Gasteiger partial charge >= 0.3 is 0 Å². The molecule has 6 nitrogen and oxygen atoms in total. The second-order valence-electron chi connectivity index (χ2n) is 3.97. The van der Waals surface area contributed by atoms with Crippen LogP contribution >= 0.6 is 0 Å². The van der Waals surface area contributed by atoms with Gasteiger partial charge in [0, 0.05) is 12.4 Å². The average Bonchev–Trinajstić information content (AvgIpc) is 2.37. The van der Waals surface area contributed by atoms with E-state index in [1.807, 2.05) is 4.72 Å². The summed E-state index contributed by atoms with van der Waals surface area (Å²) < 4.78 is 53.0. The number of nitrogens with zero attached hydrogens (tertiary/aromatic N) is 1. The van der Waals surface area contributed by atoms with Gasteiger partial charge in [-0.15, -0.1) is 0 Å². The molecule has 0 aliphatic heterocycles. The molecule has 0 spiro atoms. The molecule has 0 radical (unpaired) electrons. The van der Waals surface area contributed by atoms with Gasteiger partial charge in [0.2, 0.25) is 0 Å². The number of carbonyl (C=O) groups excluding carboxylic acids is 1. The quantitative estimate of drug-likeness (QED) is 0.887. The summed E-state index contributed by atoms with van der Waals surface area (Å²) in [4.78, 5) is 14.4. The molecule has 2 aromatic rings. The number of hydrogen-bond donors (Lipinski definition) is 2. The first kappa shape index (κ1) is 14.9. The van der Waals surface area contributed by atoms with Crippen LogP contribution in [0.25, 0.3) is 0 Å². The molecule has 1 aromatic carbocycles. The van der Waals surface area contributed by atoms with Crippen LogP contribution in [0, 0.1) is 11.6 Å². The van der Waals surface area contributed by atoms with Gasteiger partial charge in [0.25, 0.3) is 15.9 Å². The second kappa shape index (κ2) is 5.44. The molecule has 0 saturated heterocycles. The molecule has 9 heteroatoms. The van der Waals surface area contributed by atoms with Gasteiger partial charge in [-0.25, -0.2) is 17.2 Å². The highest BCUT2D eigenvalue weighted by atomic mass is 32.2. The third-order valence-corrected chi connectivity index (χ3v) is 3.90. The normalized spacial score (nSPS) is 11.1. The van der Waals surface area contributed by atoms with E-state index < -0.39 is 33.1 Å². The Bertz CT molecular complexity index is 772. The van der Waals surface area contributed by atoms with Gasteiger partial charge < -0.3 is 5.73 Å². The molecule has 0 aliphatic carbocycles. The van der Waals surface area contributed by atoms with Crippen molar-refractivity contribution in [2.45, 2.75) is 4.90 Å². The number of primary amides is 1. The molecule has 0 saturated carbocycles. The number of aromatic nitrogens is 1. The zero-order valence-electron chi connectivity index (χ0n) is 10.4. The number of pyridine rings is 1. The zero-order chi connectivity index (χ0) is 15.6. The van der Waals surface area contributed by atoms with Gasteiger partial charge in [0.05, 0.1) is 10.6 Å². The largest absolute Gasteiger partial charge is 0.365 e. The topological polar surface area (TPSA) is 102 Å². The number of amides is 1. The predicted octanol–water partition coefficient (Wildman–Crippen LogP) is 1.26. The fourth-order valence-electron chi connectivity index (χ4n) is 1.60. The van der Waals surface area contributed by atoms with Crippen molar-refractivity contribution in [3.8, 4) is 0 Å². The van der Waals surface area contributed by atoms with Crippen LogP contribution in [-0.2, 0) is 10.0 Å². The monoisotopic (exact) mass is 313 g/mol. The second-order valence-corrected chi connectivity index (χ2v) is 5.65. The molecule has 0 atom stereocenters. The van der Waals surface area contributed by atoms with Crippen LogP contribution in [0.3, 0.4) is 0 Å². The summed E-state index contributed by atoms with van der Waals surface area (Å²) in [5.74, 6) is -3.79. The third-order valence-electron chi connectivity index (χ3n) is 2.50. The van der Waals surface area contributed by atoms with Crippen LogP contribution in [0.15, 0.2) is 41.6 Å². The van der Waals surface area contributed by atoms with Crippen LogP contribution in [0.4, 0.5) is 14.5 Å². The van der Waals surface area contributed by atoms with Crippen LogP contribution in [-0.4, -0.2) is 19.3 Å². The van der Waals surface area contributed by atoms with Crippen molar-refractivity contribution in [2.75, 3.05) is 4.72 Å². The third kappa shape index (κ3) is 3.14. The van der Waals surface area contributed by atoms with E-state index >= 15 is 0 Å². The fourth-order valence-corrected chi connectivity index (χ4v) is 2.62. The van der Waals surface area contributed by atoms with Gasteiger partial charge in [-0.2, -0.15) is 0 Å². The van der Waals surface area contributed by atoms with Crippen LogP contribution in [0.1, 0.15) is 10.4 Å². The minimum Gasteiger partial charge on any atom is -0.365 e. The molecular formula is C12H9F2N3O3S. The Morgan fingerprint density at radius 3 is 2.14 bits per heavy atom. The van der Waals surface area contributed by atoms with E-state index in [2.05, 4.69) is 4.98 Å². The number of hydrogen-bond acceptors (Lipinski definition) is 4. The fraction of sp³-hybridized carbons (Fsp3) is 0. The summed E-state index contributed by atoms with van der Waals surface area (Å²) >= 11 is 0. The molecule has 1 heterocycles. The zero-order valence-corrected chi connectivity index (χ0v) is 11.2. The van der Waals surface area contributed by atoms with Crippen LogP contribution in [0.5, 0.6) is 0 Å². The van der Waals surface area contributed by atoms with Crippen molar-refractivity contribution < 1.29 is 22.0 Å². The predicted molar refractivity (Wildman–Crippen MR) is 69.9 cm³/mol. The average molecular weight is 313 g/mol. The number of halogens is 2. The Morgan fingerprint density at radius 2 is 1.67 bits per heavy atom. The van der Waals surface area contributed by atoms with Crippen molar-refractivity contribution in [3.63, 3.8) is 0 Å². The minimum atomic E-state index is -4.02. The number of benzene rings is 1. The summed E-state index contributed by atoms with van der Waals surface area (Å²) in [6.07, 6.45) is 2.51. The van der Waals surface area contributed by atoms with E-state index in [1.54, 1.807) is 0 Å².